The lowest BCUT2D eigenvalue weighted by Gasteiger charge is -2.02. The van der Waals surface area contributed by atoms with Crippen molar-refractivity contribution in [3.05, 3.63) is 72.1 Å². The van der Waals surface area contributed by atoms with E-state index in [9.17, 15) is 0 Å². The van der Waals surface area contributed by atoms with Crippen LogP contribution in [0.3, 0.4) is 0 Å². The van der Waals surface area contributed by atoms with Gasteiger partial charge in [0.05, 0.1) is 21.1 Å². The monoisotopic (exact) mass is 488 g/mol. The molecular weight excluding hydrogens is 452 g/mol. The first-order valence-electron chi connectivity index (χ1n) is 12.9. The predicted octanol–water partition coefficient (Wildman–Crippen LogP) is 9.85. The van der Waals surface area contributed by atoms with Crippen LogP contribution in [0, 0.1) is 0 Å². The first-order chi connectivity index (χ1) is 16.8. The molecule has 0 aliphatic heterocycles. The van der Waals surface area contributed by atoms with Crippen LogP contribution in [-0.2, 0) is 12.8 Å². The molecule has 4 aromatic rings. The molecular formula is C30H36N2S2. The minimum absolute atomic E-state index is 1.07. The average molecular weight is 489 g/mol. The molecule has 0 fully saturated rings. The highest BCUT2D eigenvalue weighted by molar-refractivity contribution is 7.25. The average Bonchev–Trinajstić information content (AvgIpc) is 3.56. The first-order valence-corrected chi connectivity index (χ1v) is 14.5. The van der Waals surface area contributed by atoms with Gasteiger partial charge in [-0.2, -0.15) is 0 Å². The van der Waals surface area contributed by atoms with E-state index in [4.69, 9.17) is 9.97 Å². The molecule has 0 aliphatic carbocycles. The molecule has 2 nitrogen and oxygen atoms in total. The molecule has 0 amide bonds. The van der Waals surface area contributed by atoms with Gasteiger partial charge in [-0.05, 0) is 73.2 Å². The lowest BCUT2D eigenvalue weighted by Crippen LogP contribution is -1.88. The van der Waals surface area contributed by atoms with E-state index in [0.717, 1.165) is 24.2 Å². The molecule has 4 aromatic heterocycles. The SMILES string of the molecule is CCCCCCc1ccc(-c2ccc(-c3ccc(-c4ccc(CCCCCC)cn4)s3)s2)nc1. The summed E-state index contributed by atoms with van der Waals surface area (Å²) in [5.74, 6) is 0. The van der Waals surface area contributed by atoms with Crippen molar-refractivity contribution in [1.82, 2.24) is 9.97 Å². The van der Waals surface area contributed by atoms with Gasteiger partial charge in [-0.25, -0.2) is 0 Å². The number of pyridine rings is 2. The Kier molecular flexibility index (Phi) is 9.46. The number of unbranched alkanes of at least 4 members (excludes halogenated alkanes) is 6. The van der Waals surface area contributed by atoms with E-state index in [1.165, 1.54) is 82.0 Å². The molecule has 0 aliphatic rings. The Morgan fingerprint density at radius 2 is 0.941 bits per heavy atom. The zero-order chi connectivity index (χ0) is 23.6. The summed E-state index contributed by atoms with van der Waals surface area (Å²) in [5, 5.41) is 0. The molecule has 34 heavy (non-hydrogen) atoms. The van der Waals surface area contributed by atoms with Gasteiger partial charge >= 0.3 is 0 Å². The summed E-state index contributed by atoms with van der Waals surface area (Å²) in [5.41, 5.74) is 4.83. The summed E-state index contributed by atoms with van der Waals surface area (Å²) < 4.78 is 0. The van der Waals surface area contributed by atoms with Gasteiger partial charge < -0.3 is 0 Å². The van der Waals surface area contributed by atoms with Gasteiger partial charge in [0.2, 0.25) is 0 Å². The number of rotatable bonds is 13. The fourth-order valence-electron chi connectivity index (χ4n) is 4.16. The van der Waals surface area contributed by atoms with Crippen LogP contribution >= 0.6 is 22.7 Å². The van der Waals surface area contributed by atoms with Crippen LogP contribution in [0.2, 0.25) is 0 Å². The zero-order valence-electron chi connectivity index (χ0n) is 20.6. The molecule has 178 valence electrons. The van der Waals surface area contributed by atoms with Crippen molar-refractivity contribution in [3.63, 3.8) is 0 Å². The molecule has 0 bridgehead atoms. The quantitative estimate of drug-likeness (QED) is 0.175. The largest absolute Gasteiger partial charge is 0.255 e. The lowest BCUT2D eigenvalue weighted by molar-refractivity contribution is 0.666. The number of thiophene rings is 2. The predicted molar refractivity (Wildman–Crippen MR) is 150 cm³/mol. The molecule has 0 unspecified atom stereocenters. The minimum atomic E-state index is 1.07. The Hall–Kier alpha value is -2.30. The molecule has 0 saturated carbocycles. The smallest absolute Gasteiger partial charge is 0.0802 e. The van der Waals surface area contributed by atoms with Crippen LogP contribution in [-0.4, -0.2) is 9.97 Å². The third-order valence-corrected chi connectivity index (χ3v) is 8.66. The Labute approximate surface area is 213 Å². The standard InChI is InChI=1S/C30H36N2S2/c1-3-5-7-9-11-23-13-15-25(31-21-23)27-17-19-29(33-27)30-20-18-28(34-30)26-16-14-24(22-32-26)12-10-8-6-4-2/h13-22H,3-12H2,1-2H3. The molecule has 4 heteroatoms. The van der Waals surface area contributed by atoms with Crippen molar-refractivity contribution in [3.8, 4) is 30.9 Å². The maximum atomic E-state index is 4.75. The summed E-state index contributed by atoms with van der Waals surface area (Å²) in [4.78, 5) is 14.6. The molecule has 0 saturated heterocycles. The van der Waals surface area contributed by atoms with Crippen molar-refractivity contribution in [1.29, 1.82) is 0 Å². The van der Waals surface area contributed by atoms with Crippen molar-refractivity contribution in [2.24, 2.45) is 0 Å². The summed E-state index contributed by atoms with van der Waals surface area (Å²) >= 11 is 3.64. The van der Waals surface area contributed by atoms with Crippen LogP contribution in [0.25, 0.3) is 30.9 Å². The Morgan fingerprint density at radius 1 is 0.500 bits per heavy atom. The second-order valence-electron chi connectivity index (χ2n) is 9.05. The van der Waals surface area contributed by atoms with E-state index < -0.39 is 0 Å². The van der Waals surface area contributed by atoms with Crippen molar-refractivity contribution >= 4 is 22.7 Å². The molecule has 0 spiro atoms. The van der Waals surface area contributed by atoms with Gasteiger partial charge in [-0.1, -0.05) is 64.5 Å². The van der Waals surface area contributed by atoms with Gasteiger partial charge in [-0.15, -0.1) is 22.7 Å². The lowest BCUT2D eigenvalue weighted by atomic mass is 10.1. The number of aryl methyl sites for hydroxylation is 2. The highest BCUT2D eigenvalue weighted by atomic mass is 32.1. The summed E-state index contributed by atoms with van der Waals surface area (Å²) in [7, 11) is 0. The topological polar surface area (TPSA) is 25.8 Å². The zero-order valence-corrected chi connectivity index (χ0v) is 22.2. The van der Waals surface area contributed by atoms with Crippen molar-refractivity contribution in [2.45, 2.75) is 78.1 Å². The molecule has 0 N–H and O–H groups in total. The number of nitrogens with zero attached hydrogens (tertiary/aromatic N) is 2. The molecule has 4 rings (SSSR count). The number of aromatic nitrogens is 2. The van der Waals surface area contributed by atoms with Gasteiger partial charge in [0.15, 0.2) is 0 Å². The van der Waals surface area contributed by atoms with Gasteiger partial charge in [0.25, 0.3) is 0 Å². The van der Waals surface area contributed by atoms with Gasteiger partial charge in [0, 0.05) is 22.1 Å². The Bertz CT molecular complexity index is 1030. The molecule has 0 aromatic carbocycles. The third-order valence-electron chi connectivity index (χ3n) is 6.25. The van der Waals surface area contributed by atoms with E-state index in [-0.39, 0.29) is 0 Å². The summed E-state index contributed by atoms with van der Waals surface area (Å²) in [6.07, 6.45) is 16.8. The number of hydrogen-bond donors (Lipinski definition) is 0. The van der Waals surface area contributed by atoms with E-state index in [1.807, 2.05) is 22.7 Å². The Balaban J connectivity index is 1.37. The van der Waals surface area contributed by atoms with Gasteiger partial charge in [0.1, 0.15) is 0 Å². The highest BCUT2D eigenvalue weighted by Crippen LogP contribution is 2.39. The fourth-order valence-corrected chi connectivity index (χ4v) is 6.22. The fraction of sp³-hybridized carbons (Fsp3) is 0.400. The van der Waals surface area contributed by atoms with Crippen molar-refractivity contribution < 1.29 is 0 Å². The summed E-state index contributed by atoms with van der Waals surface area (Å²) in [6, 6.07) is 17.7. The maximum absolute atomic E-state index is 4.75. The van der Waals surface area contributed by atoms with Gasteiger partial charge in [-0.3, -0.25) is 9.97 Å². The van der Waals surface area contributed by atoms with E-state index in [1.54, 1.807) is 0 Å². The maximum Gasteiger partial charge on any atom is 0.0802 e. The molecule has 4 heterocycles. The Morgan fingerprint density at radius 3 is 1.32 bits per heavy atom. The van der Waals surface area contributed by atoms with Crippen molar-refractivity contribution in [2.75, 3.05) is 0 Å². The van der Waals surface area contributed by atoms with E-state index in [2.05, 4.69) is 74.8 Å². The molecule has 0 atom stereocenters. The van der Waals surface area contributed by atoms with Crippen LogP contribution < -0.4 is 0 Å². The minimum Gasteiger partial charge on any atom is -0.255 e. The van der Waals surface area contributed by atoms with E-state index >= 15 is 0 Å². The highest BCUT2D eigenvalue weighted by Gasteiger charge is 2.10. The molecule has 0 radical (unpaired) electrons. The normalized spacial score (nSPS) is 11.2. The van der Waals surface area contributed by atoms with Crippen LogP contribution in [0.5, 0.6) is 0 Å². The second kappa shape index (κ2) is 13.0. The van der Waals surface area contributed by atoms with Crippen LogP contribution in [0.15, 0.2) is 60.9 Å². The van der Waals surface area contributed by atoms with E-state index in [0.29, 0.717) is 0 Å². The first kappa shape index (κ1) is 24.8. The van der Waals surface area contributed by atoms with Crippen LogP contribution in [0.4, 0.5) is 0 Å². The second-order valence-corrected chi connectivity index (χ2v) is 11.2. The third kappa shape index (κ3) is 6.86. The van der Waals surface area contributed by atoms with Crippen LogP contribution in [0.1, 0.15) is 76.3 Å². The number of hydrogen-bond acceptors (Lipinski definition) is 4. The summed E-state index contributed by atoms with van der Waals surface area (Å²) in [6.45, 7) is 4.51.